The van der Waals surface area contributed by atoms with Crippen molar-refractivity contribution in [2.75, 3.05) is 7.11 Å². The molecule has 0 aliphatic heterocycles. The molecule has 0 aromatic carbocycles. The molecule has 2 rings (SSSR count). The molecule has 0 radical (unpaired) electrons. The summed E-state index contributed by atoms with van der Waals surface area (Å²) >= 11 is 0. The molecule has 0 N–H and O–H groups in total. The number of ether oxygens (including phenoxy) is 1. The zero-order chi connectivity index (χ0) is 13.3. The molecule has 0 aliphatic carbocycles. The number of esters is 1. The summed E-state index contributed by atoms with van der Waals surface area (Å²) in [7, 11) is 3.04. The van der Waals surface area contributed by atoms with Crippen molar-refractivity contribution in [2.24, 2.45) is 7.05 Å². The maximum absolute atomic E-state index is 11.8. The summed E-state index contributed by atoms with van der Waals surface area (Å²) in [6.45, 7) is 3.81. The molecule has 0 saturated heterocycles. The molecule has 18 heavy (non-hydrogen) atoms. The van der Waals surface area contributed by atoms with Crippen molar-refractivity contribution in [2.45, 2.75) is 13.8 Å². The Morgan fingerprint density at radius 2 is 2.06 bits per heavy atom. The molecule has 2 aromatic heterocycles. The van der Waals surface area contributed by atoms with Crippen molar-refractivity contribution in [3.63, 3.8) is 0 Å². The quantitative estimate of drug-likeness (QED) is 0.746. The molecular formula is C12H14N4O2. The van der Waals surface area contributed by atoms with E-state index < -0.39 is 5.97 Å². The van der Waals surface area contributed by atoms with Crippen molar-refractivity contribution in [1.82, 2.24) is 19.7 Å². The molecule has 0 atom stereocenters. The highest BCUT2D eigenvalue weighted by molar-refractivity contribution is 5.95. The molecule has 0 fully saturated rings. The Kier molecular flexibility index (Phi) is 3.10. The monoisotopic (exact) mass is 246 g/mol. The number of carbonyl (C=O) groups excluding carboxylic acids is 1. The van der Waals surface area contributed by atoms with Crippen LogP contribution in [-0.2, 0) is 11.8 Å². The predicted octanol–water partition coefficient (Wildman–Crippen LogP) is 1.28. The second-order valence-electron chi connectivity index (χ2n) is 3.95. The third kappa shape index (κ3) is 1.85. The summed E-state index contributed by atoms with van der Waals surface area (Å²) in [6, 6.07) is 0. The van der Waals surface area contributed by atoms with Gasteiger partial charge in [0.1, 0.15) is 6.33 Å². The number of methoxy groups -OCH3 is 1. The number of hydrogen-bond donors (Lipinski definition) is 0. The van der Waals surface area contributed by atoms with E-state index in [9.17, 15) is 4.79 Å². The van der Waals surface area contributed by atoms with Crippen LogP contribution in [-0.4, -0.2) is 32.8 Å². The highest BCUT2D eigenvalue weighted by atomic mass is 16.5. The van der Waals surface area contributed by atoms with Gasteiger partial charge in [0.25, 0.3) is 0 Å². The fourth-order valence-corrected chi connectivity index (χ4v) is 1.76. The van der Waals surface area contributed by atoms with Gasteiger partial charge in [-0.3, -0.25) is 4.68 Å². The van der Waals surface area contributed by atoms with E-state index in [1.807, 2.05) is 13.8 Å². The Morgan fingerprint density at radius 3 is 2.72 bits per heavy atom. The van der Waals surface area contributed by atoms with Gasteiger partial charge in [0.05, 0.1) is 24.6 Å². The van der Waals surface area contributed by atoms with Crippen LogP contribution in [0.5, 0.6) is 0 Å². The van der Waals surface area contributed by atoms with Crippen LogP contribution in [0.25, 0.3) is 11.3 Å². The van der Waals surface area contributed by atoms with E-state index in [2.05, 4.69) is 15.1 Å². The van der Waals surface area contributed by atoms with Gasteiger partial charge in [-0.25, -0.2) is 14.8 Å². The van der Waals surface area contributed by atoms with Crippen molar-refractivity contribution < 1.29 is 9.53 Å². The normalized spacial score (nSPS) is 10.4. The van der Waals surface area contributed by atoms with Crippen LogP contribution in [0.4, 0.5) is 0 Å². The van der Waals surface area contributed by atoms with Gasteiger partial charge in [0.2, 0.25) is 0 Å². The maximum Gasteiger partial charge on any atom is 0.357 e. The third-order valence-corrected chi connectivity index (χ3v) is 2.91. The van der Waals surface area contributed by atoms with Crippen LogP contribution < -0.4 is 0 Å². The maximum atomic E-state index is 11.8. The molecule has 0 bridgehead atoms. The van der Waals surface area contributed by atoms with E-state index in [-0.39, 0.29) is 0 Å². The first-order valence-corrected chi connectivity index (χ1v) is 5.45. The van der Waals surface area contributed by atoms with Crippen LogP contribution >= 0.6 is 0 Å². The largest absolute Gasteiger partial charge is 0.464 e. The zero-order valence-corrected chi connectivity index (χ0v) is 10.8. The Morgan fingerprint density at radius 1 is 1.33 bits per heavy atom. The van der Waals surface area contributed by atoms with E-state index in [4.69, 9.17) is 4.74 Å². The first kappa shape index (κ1) is 12.2. The Bertz CT molecular complexity index is 604. The first-order valence-electron chi connectivity index (χ1n) is 5.45. The molecule has 2 heterocycles. The molecule has 0 amide bonds. The van der Waals surface area contributed by atoms with Gasteiger partial charge in [-0.1, -0.05) is 0 Å². The standard InChI is InChI=1S/C12H14N4O2/c1-7-8(2)13-6-14-10(7)9-5-15-16(3)11(9)12(17)18-4/h5-6H,1-4H3. The van der Waals surface area contributed by atoms with Crippen LogP contribution in [0.3, 0.4) is 0 Å². The number of aryl methyl sites for hydroxylation is 2. The highest BCUT2D eigenvalue weighted by Crippen LogP contribution is 2.25. The lowest BCUT2D eigenvalue weighted by Gasteiger charge is -2.07. The van der Waals surface area contributed by atoms with Crippen LogP contribution in [0.2, 0.25) is 0 Å². The smallest absolute Gasteiger partial charge is 0.357 e. The summed E-state index contributed by atoms with van der Waals surface area (Å²) in [5.74, 6) is -0.430. The lowest BCUT2D eigenvalue weighted by molar-refractivity contribution is 0.0589. The van der Waals surface area contributed by atoms with Gasteiger partial charge in [-0.2, -0.15) is 5.10 Å². The van der Waals surface area contributed by atoms with Gasteiger partial charge in [0.15, 0.2) is 5.69 Å². The van der Waals surface area contributed by atoms with Gasteiger partial charge < -0.3 is 4.74 Å². The fraction of sp³-hybridized carbons (Fsp3) is 0.333. The third-order valence-electron chi connectivity index (χ3n) is 2.91. The molecule has 6 heteroatoms. The van der Waals surface area contributed by atoms with E-state index in [0.717, 1.165) is 11.3 Å². The fourth-order valence-electron chi connectivity index (χ4n) is 1.76. The second kappa shape index (κ2) is 4.56. The van der Waals surface area contributed by atoms with Crippen molar-refractivity contribution in [3.05, 3.63) is 29.5 Å². The number of nitrogens with zero attached hydrogens (tertiary/aromatic N) is 4. The SMILES string of the molecule is COC(=O)c1c(-c2ncnc(C)c2C)cnn1C. The number of rotatable bonds is 2. The summed E-state index contributed by atoms with van der Waals surface area (Å²) in [5.41, 5.74) is 3.55. The molecule has 0 saturated carbocycles. The molecule has 6 nitrogen and oxygen atoms in total. The number of aromatic nitrogens is 4. The van der Waals surface area contributed by atoms with E-state index in [1.165, 1.54) is 18.1 Å². The number of carbonyl (C=O) groups is 1. The van der Waals surface area contributed by atoms with Crippen LogP contribution in [0.15, 0.2) is 12.5 Å². The van der Waals surface area contributed by atoms with Crippen LogP contribution in [0, 0.1) is 13.8 Å². The van der Waals surface area contributed by atoms with Gasteiger partial charge in [-0.05, 0) is 19.4 Å². The van der Waals surface area contributed by atoms with E-state index in [0.29, 0.717) is 17.0 Å². The topological polar surface area (TPSA) is 69.9 Å². The Labute approximate surface area is 105 Å². The minimum atomic E-state index is -0.430. The Hall–Kier alpha value is -2.24. The Balaban J connectivity index is 2.65. The predicted molar refractivity (Wildman–Crippen MR) is 65.0 cm³/mol. The average Bonchev–Trinajstić information content (AvgIpc) is 2.73. The summed E-state index contributed by atoms with van der Waals surface area (Å²) in [6.07, 6.45) is 3.09. The van der Waals surface area contributed by atoms with Crippen molar-refractivity contribution in [3.8, 4) is 11.3 Å². The van der Waals surface area contributed by atoms with Gasteiger partial charge >= 0.3 is 5.97 Å². The molecular weight excluding hydrogens is 232 g/mol. The summed E-state index contributed by atoms with van der Waals surface area (Å²) in [5, 5.41) is 4.09. The first-order chi connectivity index (χ1) is 8.56. The molecule has 94 valence electrons. The lowest BCUT2D eigenvalue weighted by Crippen LogP contribution is -2.10. The second-order valence-corrected chi connectivity index (χ2v) is 3.95. The van der Waals surface area contributed by atoms with E-state index >= 15 is 0 Å². The molecule has 0 spiro atoms. The zero-order valence-electron chi connectivity index (χ0n) is 10.8. The lowest BCUT2D eigenvalue weighted by atomic mass is 10.1. The minimum absolute atomic E-state index is 0.388. The molecule has 2 aromatic rings. The van der Waals surface area contributed by atoms with Gasteiger partial charge in [0, 0.05) is 12.7 Å². The minimum Gasteiger partial charge on any atom is -0.464 e. The molecule has 0 unspecified atom stereocenters. The highest BCUT2D eigenvalue weighted by Gasteiger charge is 2.21. The average molecular weight is 246 g/mol. The summed E-state index contributed by atoms with van der Waals surface area (Å²) in [4.78, 5) is 20.1. The van der Waals surface area contributed by atoms with Crippen molar-refractivity contribution >= 4 is 5.97 Å². The summed E-state index contributed by atoms with van der Waals surface area (Å²) < 4.78 is 6.25. The van der Waals surface area contributed by atoms with Crippen molar-refractivity contribution in [1.29, 1.82) is 0 Å². The van der Waals surface area contributed by atoms with Gasteiger partial charge in [-0.15, -0.1) is 0 Å². The van der Waals surface area contributed by atoms with Crippen LogP contribution in [0.1, 0.15) is 21.7 Å². The molecule has 0 aliphatic rings. The van der Waals surface area contributed by atoms with E-state index in [1.54, 1.807) is 13.2 Å². The number of hydrogen-bond acceptors (Lipinski definition) is 5.